The number of nitrogens with zero attached hydrogens (tertiary/aromatic N) is 1. The van der Waals surface area contributed by atoms with Gasteiger partial charge in [-0.3, -0.25) is 19.8 Å². The monoisotopic (exact) mass is 506 g/mol. The van der Waals surface area contributed by atoms with Crippen molar-refractivity contribution in [3.8, 4) is 28.4 Å². The number of carbonyl (C=O) groups excluding carboxylic acids is 2. The average molecular weight is 507 g/mol. The Bertz CT molecular complexity index is 1510. The molecular weight excluding hydrogens is 484 g/mol. The maximum Gasteiger partial charge on any atom is 0.270 e. The number of amides is 2. The molecule has 0 atom stereocenters. The molecule has 0 radical (unpaired) electrons. The lowest BCUT2D eigenvalue weighted by atomic mass is 9.96. The highest BCUT2D eigenvalue weighted by molar-refractivity contribution is 7.80. The third-order valence-electron chi connectivity index (χ3n) is 5.83. The topological polar surface area (TPSA) is 67.9 Å². The predicted molar refractivity (Wildman–Crippen MR) is 148 cm³/mol. The summed E-state index contributed by atoms with van der Waals surface area (Å²) < 4.78 is 11.4. The Labute approximate surface area is 219 Å². The lowest BCUT2D eigenvalue weighted by molar-refractivity contribution is -0.122. The molecule has 5 rings (SSSR count). The zero-order chi connectivity index (χ0) is 25.8. The van der Waals surface area contributed by atoms with Gasteiger partial charge in [0.15, 0.2) is 5.11 Å². The van der Waals surface area contributed by atoms with Crippen molar-refractivity contribution < 1.29 is 19.1 Å². The maximum absolute atomic E-state index is 13.6. The number of carbonyl (C=O) groups is 2. The SMILES string of the molecule is COc1ccccc1-c1ccccc1C=C1C(=O)NC(=S)N(c2ccc(Oc3ccccc3)cc2)C1=O. The van der Waals surface area contributed by atoms with Crippen LogP contribution in [-0.4, -0.2) is 24.0 Å². The van der Waals surface area contributed by atoms with Crippen molar-refractivity contribution in [3.63, 3.8) is 0 Å². The van der Waals surface area contributed by atoms with Gasteiger partial charge in [-0.1, -0.05) is 60.7 Å². The molecule has 0 aromatic heterocycles. The van der Waals surface area contributed by atoms with Crippen LogP contribution in [0.15, 0.2) is 109 Å². The summed E-state index contributed by atoms with van der Waals surface area (Å²) in [5, 5.41) is 2.65. The van der Waals surface area contributed by atoms with E-state index in [9.17, 15) is 9.59 Å². The van der Waals surface area contributed by atoms with Gasteiger partial charge >= 0.3 is 0 Å². The number of nitrogens with one attached hydrogen (secondary N) is 1. The van der Waals surface area contributed by atoms with E-state index in [0.29, 0.717) is 28.5 Å². The van der Waals surface area contributed by atoms with Gasteiger partial charge in [-0.15, -0.1) is 0 Å². The van der Waals surface area contributed by atoms with Gasteiger partial charge in [-0.25, -0.2) is 0 Å². The number of hydrogen-bond acceptors (Lipinski definition) is 5. The van der Waals surface area contributed by atoms with Crippen LogP contribution in [-0.2, 0) is 9.59 Å². The van der Waals surface area contributed by atoms with Gasteiger partial charge in [-0.2, -0.15) is 0 Å². The van der Waals surface area contributed by atoms with Crippen molar-refractivity contribution in [3.05, 3.63) is 114 Å². The quantitative estimate of drug-likeness (QED) is 0.198. The zero-order valence-electron chi connectivity index (χ0n) is 19.9. The van der Waals surface area contributed by atoms with Gasteiger partial charge in [0.05, 0.1) is 12.8 Å². The molecule has 37 heavy (non-hydrogen) atoms. The molecule has 0 spiro atoms. The molecule has 1 heterocycles. The van der Waals surface area contributed by atoms with Crippen LogP contribution in [0.25, 0.3) is 17.2 Å². The Morgan fingerprint density at radius 1 is 0.757 bits per heavy atom. The smallest absolute Gasteiger partial charge is 0.270 e. The predicted octanol–water partition coefficient (Wildman–Crippen LogP) is 5.99. The van der Waals surface area contributed by atoms with E-state index >= 15 is 0 Å². The van der Waals surface area contributed by atoms with Crippen LogP contribution in [0.5, 0.6) is 17.2 Å². The zero-order valence-corrected chi connectivity index (χ0v) is 20.7. The number of para-hydroxylation sites is 2. The minimum atomic E-state index is -0.551. The molecule has 1 aliphatic heterocycles. The Balaban J connectivity index is 1.47. The first kappa shape index (κ1) is 24.0. The number of methoxy groups -OCH3 is 1. The van der Waals surface area contributed by atoms with E-state index < -0.39 is 11.8 Å². The van der Waals surface area contributed by atoms with Crippen LogP contribution >= 0.6 is 12.2 Å². The van der Waals surface area contributed by atoms with Crippen LogP contribution in [0.1, 0.15) is 5.56 Å². The van der Waals surface area contributed by atoms with Gasteiger partial charge in [0.2, 0.25) is 0 Å². The van der Waals surface area contributed by atoms with Gasteiger partial charge in [0, 0.05) is 5.56 Å². The highest BCUT2D eigenvalue weighted by Gasteiger charge is 2.34. The largest absolute Gasteiger partial charge is 0.496 e. The van der Waals surface area contributed by atoms with Crippen molar-refractivity contribution in [2.45, 2.75) is 0 Å². The molecule has 4 aromatic carbocycles. The molecule has 2 amide bonds. The maximum atomic E-state index is 13.6. The van der Waals surface area contributed by atoms with Gasteiger partial charge in [0.1, 0.15) is 22.8 Å². The molecule has 1 aliphatic rings. The molecule has 182 valence electrons. The third kappa shape index (κ3) is 4.98. The minimum Gasteiger partial charge on any atom is -0.496 e. The van der Waals surface area contributed by atoms with Crippen molar-refractivity contribution in [2.75, 3.05) is 12.0 Å². The molecule has 0 unspecified atom stereocenters. The highest BCUT2D eigenvalue weighted by atomic mass is 32.1. The van der Waals surface area contributed by atoms with E-state index in [0.717, 1.165) is 11.1 Å². The van der Waals surface area contributed by atoms with Gasteiger partial charge < -0.3 is 9.47 Å². The molecule has 1 fully saturated rings. The number of rotatable bonds is 6. The molecule has 7 heteroatoms. The molecule has 1 N–H and O–H groups in total. The summed E-state index contributed by atoms with van der Waals surface area (Å²) in [5.74, 6) is 0.931. The molecule has 0 bridgehead atoms. The Kier molecular flexibility index (Phi) is 6.78. The lowest BCUT2D eigenvalue weighted by Gasteiger charge is -2.29. The fourth-order valence-electron chi connectivity index (χ4n) is 4.07. The van der Waals surface area contributed by atoms with E-state index in [1.165, 1.54) is 4.90 Å². The number of ether oxygens (including phenoxy) is 2. The van der Waals surface area contributed by atoms with Crippen molar-refractivity contribution in [1.29, 1.82) is 0 Å². The lowest BCUT2D eigenvalue weighted by Crippen LogP contribution is -2.54. The summed E-state index contributed by atoms with van der Waals surface area (Å²) in [6, 6.07) is 31.4. The summed E-state index contributed by atoms with van der Waals surface area (Å²) in [6.07, 6.45) is 1.58. The van der Waals surface area contributed by atoms with Gasteiger partial charge in [-0.05, 0) is 71.9 Å². The van der Waals surface area contributed by atoms with E-state index in [1.807, 2.05) is 78.9 Å². The molecule has 4 aromatic rings. The summed E-state index contributed by atoms with van der Waals surface area (Å²) in [7, 11) is 1.60. The minimum absolute atomic E-state index is 0.0156. The summed E-state index contributed by atoms with van der Waals surface area (Å²) in [4.78, 5) is 27.7. The first-order valence-corrected chi connectivity index (χ1v) is 11.9. The second kappa shape index (κ2) is 10.5. The first-order valence-electron chi connectivity index (χ1n) is 11.5. The van der Waals surface area contributed by atoms with Crippen LogP contribution in [0.3, 0.4) is 0 Å². The van der Waals surface area contributed by atoms with Crippen LogP contribution in [0.4, 0.5) is 5.69 Å². The van der Waals surface area contributed by atoms with Crippen LogP contribution in [0, 0.1) is 0 Å². The number of hydrogen-bond donors (Lipinski definition) is 1. The number of anilines is 1. The molecule has 0 saturated carbocycles. The van der Waals surface area contributed by atoms with Crippen molar-refractivity contribution >= 4 is 40.9 Å². The standard InChI is InChI=1S/C30H22N2O4S/c1-35-27-14-8-7-13-25(27)24-12-6-5-9-20(24)19-26-28(33)31-30(37)32(29(26)34)21-15-17-23(18-16-21)36-22-10-3-2-4-11-22/h2-19H,1H3,(H,31,33,37). The normalized spacial score (nSPS) is 14.5. The van der Waals surface area contributed by atoms with E-state index in [-0.39, 0.29) is 10.7 Å². The first-order chi connectivity index (χ1) is 18.0. The third-order valence-corrected chi connectivity index (χ3v) is 6.12. The Morgan fingerprint density at radius 2 is 1.38 bits per heavy atom. The van der Waals surface area contributed by atoms with E-state index in [1.54, 1.807) is 37.5 Å². The Hall–Kier alpha value is -4.75. The van der Waals surface area contributed by atoms with Crippen molar-refractivity contribution in [1.82, 2.24) is 5.32 Å². The van der Waals surface area contributed by atoms with Crippen LogP contribution < -0.4 is 19.7 Å². The summed E-state index contributed by atoms with van der Waals surface area (Å²) >= 11 is 5.35. The molecule has 6 nitrogen and oxygen atoms in total. The molecule has 0 aliphatic carbocycles. The van der Waals surface area contributed by atoms with Crippen LogP contribution in [0.2, 0.25) is 0 Å². The molecule has 1 saturated heterocycles. The van der Waals surface area contributed by atoms with E-state index in [4.69, 9.17) is 21.7 Å². The number of benzene rings is 4. The second-order valence-corrected chi connectivity index (χ2v) is 8.54. The fraction of sp³-hybridized carbons (Fsp3) is 0.0333. The second-order valence-electron chi connectivity index (χ2n) is 8.15. The van der Waals surface area contributed by atoms with Gasteiger partial charge in [0.25, 0.3) is 11.8 Å². The summed E-state index contributed by atoms with van der Waals surface area (Å²) in [5.41, 5.74) is 2.86. The van der Waals surface area contributed by atoms with E-state index in [2.05, 4.69) is 5.32 Å². The Morgan fingerprint density at radius 3 is 2.11 bits per heavy atom. The average Bonchev–Trinajstić information content (AvgIpc) is 2.92. The highest BCUT2D eigenvalue weighted by Crippen LogP contribution is 2.34. The molecular formula is C30H22N2O4S. The fourth-order valence-corrected chi connectivity index (χ4v) is 4.35. The summed E-state index contributed by atoms with van der Waals surface area (Å²) in [6.45, 7) is 0. The number of thiocarbonyl (C=S) groups is 1. The van der Waals surface area contributed by atoms with Crippen molar-refractivity contribution in [2.24, 2.45) is 0 Å².